The van der Waals surface area contributed by atoms with Crippen LogP contribution in [0.5, 0.6) is 0 Å². The standard InChI is InChI=1S/C6H4ClF2IN2O2S/c7-15(13,14)3-1-2(10)4(11)5(12-3)6(8)9/h1,6H,11H2. The van der Waals surface area contributed by atoms with Gasteiger partial charge >= 0.3 is 0 Å². The molecule has 0 aliphatic carbocycles. The molecular weight excluding hydrogens is 364 g/mol. The maximum atomic E-state index is 12.4. The maximum absolute atomic E-state index is 12.4. The van der Waals surface area contributed by atoms with E-state index in [-0.39, 0.29) is 9.26 Å². The van der Waals surface area contributed by atoms with Crippen molar-refractivity contribution in [2.24, 2.45) is 0 Å². The van der Waals surface area contributed by atoms with Gasteiger partial charge in [-0.15, -0.1) is 0 Å². The lowest BCUT2D eigenvalue weighted by Gasteiger charge is -2.07. The van der Waals surface area contributed by atoms with Gasteiger partial charge in [0.25, 0.3) is 15.5 Å². The third-order valence-corrected chi connectivity index (χ3v) is 3.55. The molecule has 0 aromatic carbocycles. The fourth-order valence-electron chi connectivity index (χ4n) is 0.811. The van der Waals surface area contributed by atoms with Crippen molar-refractivity contribution in [3.05, 3.63) is 15.3 Å². The lowest BCUT2D eigenvalue weighted by Crippen LogP contribution is -2.06. The number of halogens is 4. The van der Waals surface area contributed by atoms with Crippen molar-refractivity contribution in [3.63, 3.8) is 0 Å². The van der Waals surface area contributed by atoms with Gasteiger partial charge in [-0.1, -0.05) is 0 Å². The van der Waals surface area contributed by atoms with Gasteiger partial charge < -0.3 is 5.73 Å². The molecule has 15 heavy (non-hydrogen) atoms. The number of anilines is 1. The molecule has 9 heteroatoms. The fraction of sp³-hybridized carbons (Fsp3) is 0.167. The zero-order valence-electron chi connectivity index (χ0n) is 6.92. The van der Waals surface area contributed by atoms with Crippen molar-refractivity contribution in [2.75, 3.05) is 5.73 Å². The van der Waals surface area contributed by atoms with Crippen molar-refractivity contribution in [3.8, 4) is 0 Å². The normalized spacial score (nSPS) is 12.1. The number of aromatic nitrogens is 1. The van der Waals surface area contributed by atoms with E-state index in [9.17, 15) is 17.2 Å². The molecular formula is C6H4ClF2IN2O2S. The summed E-state index contributed by atoms with van der Waals surface area (Å²) in [6, 6.07) is 1.03. The zero-order valence-corrected chi connectivity index (χ0v) is 10.6. The molecule has 0 bridgehead atoms. The molecule has 0 unspecified atom stereocenters. The molecule has 0 spiro atoms. The number of pyridine rings is 1. The summed E-state index contributed by atoms with van der Waals surface area (Å²) < 4.78 is 46.7. The Morgan fingerprint density at radius 1 is 1.53 bits per heavy atom. The minimum absolute atomic E-state index is 0.164. The molecule has 1 aromatic heterocycles. The van der Waals surface area contributed by atoms with Crippen molar-refractivity contribution < 1.29 is 17.2 Å². The van der Waals surface area contributed by atoms with E-state index < -0.39 is 26.2 Å². The number of hydrogen-bond donors (Lipinski definition) is 1. The highest BCUT2D eigenvalue weighted by atomic mass is 127. The second kappa shape index (κ2) is 4.34. The van der Waals surface area contributed by atoms with E-state index in [1.165, 1.54) is 0 Å². The molecule has 0 aliphatic rings. The minimum atomic E-state index is -4.13. The molecule has 1 aromatic rings. The van der Waals surface area contributed by atoms with Gasteiger partial charge in [0.05, 0.1) is 5.69 Å². The van der Waals surface area contributed by atoms with Crippen LogP contribution in [0.3, 0.4) is 0 Å². The van der Waals surface area contributed by atoms with Crippen molar-refractivity contribution in [2.45, 2.75) is 11.5 Å². The molecule has 84 valence electrons. The molecule has 0 fully saturated rings. The lowest BCUT2D eigenvalue weighted by atomic mass is 10.3. The second-order valence-corrected chi connectivity index (χ2v) is 6.15. The van der Waals surface area contributed by atoms with Crippen LogP contribution in [-0.4, -0.2) is 13.4 Å². The topological polar surface area (TPSA) is 73.1 Å². The third kappa shape index (κ3) is 2.88. The summed E-state index contributed by atoms with van der Waals surface area (Å²) in [5.41, 5.74) is 4.29. The monoisotopic (exact) mass is 368 g/mol. The Morgan fingerprint density at radius 3 is 2.47 bits per heavy atom. The van der Waals surface area contributed by atoms with Gasteiger partial charge in [0.1, 0.15) is 5.69 Å². The average Bonchev–Trinajstić information content (AvgIpc) is 2.06. The largest absolute Gasteiger partial charge is 0.396 e. The van der Waals surface area contributed by atoms with E-state index in [0.717, 1.165) is 6.07 Å². The quantitative estimate of drug-likeness (QED) is 0.641. The Labute approximate surface area is 102 Å². The second-order valence-electron chi connectivity index (χ2n) is 2.48. The highest BCUT2D eigenvalue weighted by molar-refractivity contribution is 14.1. The van der Waals surface area contributed by atoms with Crippen LogP contribution in [0.2, 0.25) is 0 Å². The number of hydrogen-bond acceptors (Lipinski definition) is 4. The molecule has 0 atom stereocenters. The molecule has 0 radical (unpaired) electrons. The van der Waals surface area contributed by atoms with Crippen LogP contribution in [0.15, 0.2) is 11.1 Å². The summed E-state index contributed by atoms with van der Waals surface area (Å²) in [5, 5.41) is -0.627. The average molecular weight is 369 g/mol. The highest BCUT2D eigenvalue weighted by Gasteiger charge is 2.21. The van der Waals surface area contributed by atoms with Crippen LogP contribution < -0.4 is 5.73 Å². The van der Waals surface area contributed by atoms with Crippen LogP contribution in [0.1, 0.15) is 12.1 Å². The molecule has 1 rings (SSSR count). The molecule has 2 N–H and O–H groups in total. The Kier molecular flexibility index (Phi) is 3.71. The van der Waals surface area contributed by atoms with Crippen molar-refractivity contribution in [1.29, 1.82) is 0 Å². The van der Waals surface area contributed by atoms with Crippen molar-refractivity contribution >= 4 is 48.0 Å². The van der Waals surface area contributed by atoms with Crippen LogP contribution in [0, 0.1) is 3.57 Å². The lowest BCUT2D eigenvalue weighted by molar-refractivity contribution is 0.146. The number of nitrogens with zero attached hydrogens (tertiary/aromatic N) is 1. The summed E-state index contributed by atoms with van der Waals surface area (Å²) >= 11 is 1.63. The summed E-state index contributed by atoms with van der Waals surface area (Å²) in [6.45, 7) is 0. The Hall–Kier alpha value is -0.220. The highest BCUT2D eigenvalue weighted by Crippen LogP contribution is 2.29. The van der Waals surface area contributed by atoms with E-state index in [4.69, 9.17) is 16.4 Å². The van der Waals surface area contributed by atoms with Gasteiger partial charge in [0, 0.05) is 14.3 Å². The number of nitrogen functional groups attached to an aromatic ring is 1. The van der Waals surface area contributed by atoms with Crippen LogP contribution in [0.25, 0.3) is 0 Å². The Balaban J connectivity index is 3.50. The molecule has 0 aliphatic heterocycles. The first-order valence-electron chi connectivity index (χ1n) is 3.42. The molecule has 1 heterocycles. The van der Waals surface area contributed by atoms with E-state index in [1.807, 2.05) is 0 Å². The first-order valence-corrected chi connectivity index (χ1v) is 6.81. The summed E-state index contributed by atoms with van der Waals surface area (Å²) in [6.07, 6.45) is -2.95. The van der Waals surface area contributed by atoms with Gasteiger partial charge in [-0.25, -0.2) is 22.2 Å². The maximum Gasteiger partial charge on any atom is 0.282 e. The van der Waals surface area contributed by atoms with Crippen LogP contribution in [-0.2, 0) is 9.05 Å². The van der Waals surface area contributed by atoms with Crippen molar-refractivity contribution in [1.82, 2.24) is 4.98 Å². The number of nitrogens with two attached hydrogens (primary N) is 1. The third-order valence-electron chi connectivity index (χ3n) is 1.47. The minimum Gasteiger partial charge on any atom is -0.396 e. The van der Waals surface area contributed by atoms with E-state index in [0.29, 0.717) is 0 Å². The smallest absolute Gasteiger partial charge is 0.282 e. The predicted octanol–water partition coefficient (Wildman–Crippen LogP) is 2.13. The van der Waals surface area contributed by atoms with Gasteiger partial charge in [0.2, 0.25) is 0 Å². The molecule has 0 amide bonds. The zero-order chi connectivity index (χ0) is 11.8. The summed E-state index contributed by atoms with van der Waals surface area (Å²) in [5.74, 6) is 0. The van der Waals surface area contributed by atoms with E-state index in [2.05, 4.69) is 4.98 Å². The first kappa shape index (κ1) is 12.8. The molecule has 0 saturated carbocycles. The number of rotatable bonds is 2. The van der Waals surface area contributed by atoms with E-state index >= 15 is 0 Å². The summed E-state index contributed by atoms with van der Waals surface area (Å²) in [7, 11) is 0.850. The van der Waals surface area contributed by atoms with Gasteiger partial charge in [0.15, 0.2) is 5.03 Å². The SMILES string of the molecule is Nc1c(I)cc(S(=O)(=O)Cl)nc1C(F)F. The van der Waals surface area contributed by atoms with Crippen LogP contribution in [0.4, 0.5) is 14.5 Å². The Bertz CT molecular complexity index is 494. The van der Waals surface area contributed by atoms with Gasteiger partial charge in [-0.2, -0.15) is 0 Å². The molecule has 4 nitrogen and oxygen atoms in total. The number of alkyl halides is 2. The van der Waals surface area contributed by atoms with Crippen LogP contribution >= 0.6 is 33.3 Å². The predicted molar refractivity (Wildman–Crippen MR) is 59.4 cm³/mol. The van der Waals surface area contributed by atoms with E-state index in [1.54, 1.807) is 22.6 Å². The first-order chi connectivity index (χ1) is 6.73. The summed E-state index contributed by atoms with van der Waals surface area (Å²) in [4.78, 5) is 3.20. The van der Waals surface area contributed by atoms with Gasteiger partial charge in [-0.05, 0) is 28.7 Å². The fourth-order valence-corrected chi connectivity index (χ4v) is 2.30. The van der Waals surface area contributed by atoms with Gasteiger partial charge in [-0.3, -0.25) is 0 Å². The molecule has 0 saturated heterocycles. The Morgan fingerprint density at radius 2 is 2.07 bits per heavy atom.